The van der Waals surface area contributed by atoms with Crippen LogP contribution >= 0.6 is 10.9 Å². The molecule has 0 unspecified atom stereocenters. The Balaban J connectivity index is 5.95. The first-order chi connectivity index (χ1) is 10.9. The van der Waals surface area contributed by atoms with Crippen LogP contribution in [0.2, 0.25) is 0 Å². The van der Waals surface area contributed by atoms with E-state index in [4.69, 9.17) is 3.87 Å². The first kappa shape index (κ1) is 22.7. The summed E-state index contributed by atoms with van der Waals surface area (Å²) in [5.41, 5.74) is 0. The number of alkyl halides is 2. The number of nitrogens with zero attached hydrogens (tertiary/aromatic N) is 3. The van der Waals surface area contributed by atoms with E-state index in [9.17, 15) is 13.2 Å². The lowest BCUT2D eigenvalue weighted by atomic mass is 10.7. The average molecular weight is 376 g/mol. The lowest BCUT2D eigenvalue weighted by Gasteiger charge is -2.57. The normalized spacial score (nSPS) is 13.2. The Bertz CT molecular complexity index is 313. The molecule has 0 radical (unpaired) electrons. The Morgan fingerprint density at radius 3 is 1.35 bits per heavy atom. The fourth-order valence-corrected chi connectivity index (χ4v) is 7.81. The zero-order valence-corrected chi connectivity index (χ0v) is 16.9. The van der Waals surface area contributed by atoms with Crippen molar-refractivity contribution in [1.29, 1.82) is 0 Å². The minimum Gasteiger partial charge on any atom is -0.439 e. The second-order valence-electron chi connectivity index (χ2n) is 4.52. The maximum absolute atomic E-state index is 12.4. The first-order valence-corrected chi connectivity index (χ1v) is 10.8. The predicted molar refractivity (Wildman–Crippen MR) is 91.0 cm³/mol. The molecule has 0 aromatic rings. The SMILES string of the molecule is CCN(CC)S(O[Si](=O)OC(F)F)(N(CC)CC)N(CC)CC. The van der Waals surface area contributed by atoms with Crippen molar-refractivity contribution < 1.29 is 21.5 Å². The van der Waals surface area contributed by atoms with Crippen LogP contribution in [0.4, 0.5) is 8.78 Å². The number of halogens is 2. The Hall–Kier alpha value is -0.293. The van der Waals surface area contributed by atoms with E-state index >= 15 is 0 Å². The minimum absolute atomic E-state index is 0.655. The molecule has 0 fully saturated rings. The van der Waals surface area contributed by atoms with Gasteiger partial charge in [-0.25, -0.2) is 12.9 Å². The molecular weight excluding hydrogens is 344 g/mol. The lowest BCUT2D eigenvalue weighted by molar-refractivity contribution is -0.0665. The fourth-order valence-electron chi connectivity index (χ4n) is 2.51. The van der Waals surface area contributed by atoms with E-state index in [1.54, 1.807) is 0 Å². The highest BCUT2D eigenvalue weighted by Gasteiger charge is 2.45. The average Bonchev–Trinajstić information content (AvgIpc) is 2.49. The third-order valence-electron chi connectivity index (χ3n) is 3.49. The van der Waals surface area contributed by atoms with Gasteiger partial charge in [-0.2, -0.15) is 8.78 Å². The zero-order chi connectivity index (χ0) is 18.0. The van der Waals surface area contributed by atoms with E-state index in [0.717, 1.165) is 0 Å². The van der Waals surface area contributed by atoms with Gasteiger partial charge < -0.3 is 8.30 Å². The van der Waals surface area contributed by atoms with Crippen LogP contribution in [-0.4, -0.2) is 68.0 Å². The number of rotatable bonds is 13. The molecule has 0 aliphatic heterocycles. The van der Waals surface area contributed by atoms with E-state index in [-0.39, 0.29) is 0 Å². The summed E-state index contributed by atoms with van der Waals surface area (Å²) in [7, 11) is -5.62. The second-order valence-corrected chi connectivity index (χ2v) is 8.41. The molecule has 0 bridgehead atoms. The first-order valence-electron chi connectivity index (χ1n) is 8.14. The molecule has 0 aliphatic rings. The quantitative estimate of drug-likeness (QED) is 0.461. The van der Waals surface area contributed by atoms with Gasteiger partial charge in [0.05, 0.1) is 10.9 Å². The van der Waals surface area contributed by atoms with Gasteiger partial charge in [-0.05, 0) is 0 Å². The van der Waals surface area contributed by atoms with Gasteiger partial charge in [0.15, 0.2) is 0 Å². The molecule has 0 spiro atoms. The molecule has 140 valence electrons. The van der Waals surface area contributed by atoms with Crippen molar-refractivity contribution >= 4 is 20.0 Å². The van der Waals surface area contributed by atoms with Crippen molar-refractivity contribution in [3.05, 3.63) is 0 Å². The summed E-state index contributed by atoms with van der Waals surface area (Å²) in [4.78, 5) is 0. The van der Waals surface area contributed by atoms with Crippen LogP contribution < -0.4 is 0 Å². The summed E-state index contributed by atoms with van der Waals surface area (Å²) in [6.07, 6.45) is 0. The highest BCUT2D eigenvalue weighted by atomic mass is 32.3. The molecular formula is C13H31F2N3O3SSi. The third kappa shape index (κ3) is 5.63. The molecule has 10 heteroatoms. The Morgan fingerprint density at radius 2 is 1.13 bits per heavy atom. The molecule has 0 rings (SSSR count). The summed E-state index contributed by atoms with van der Waals surface area (Å²) in [5, 5.41) is 0. The zero-order valence-electron chi connectivity index (χ0n) is 15.1. The van der Waals surface area contributed by atoms with Crippen molar-refractivity contribution in [3.8, 4) is 0 Å². The van der Waals surface area contributed by atoms with Gasteiger partial charge in [-0.3, -0.25) is 4.46 Å². The molecule has 0 N–H and O–H groups in total. The molecule has 0 heterocycles. The molecule has 0 aromatic heterocycles. The van der Waals surface area contributed by atoms with Gasteiger partial charge in [0, 0.05) is 39.3 Å². The Kier molecular flexibility index (Phi) is 11.2. The van der Waals surface area contributed by atoms with Crippen molar-refractivity contribution in [2.75, 3.05) is 39.3 Å². The smallest absolute Gasteiger partial charge is 0.439 e. The van der Waals surface area contributed by atoms with Crippen LogP contribution in [0.25, 0.3) is 0 Å². The molecule has 0 atom stereocenters. The van der Waals surface area contributed by atoms with Gasteiger partial charge >= 0.3 is 15.8 Å². The summed E-state index contributed by atoms with van der Waals surface area (Å²) in [5.74, 6) is 0. The van der Waals surface area contributed by atoms with Gasteiger partial charge in [0.2, 0.25) is 0 Å². The molecule has 0 aliphatic carbocycles. The summed E-state index contributed by atoms with van der Waals surface area (Å²) >= 11 is 0. The maximum atomic E-state index is 12.4. The van der Waals surface area contributed by atoms with E-state index < -0.39 is 26.6 Å². The molecule has 23 heavy (non-hydrogen) atoms. The van der Waals surface area contributed by atoms with Crippen LogP contribution in [0.5, 0.6) is 0 Å². The standard InChI is InChI=1S/C13H31F2N3O3SSi/c1-7-16(8-2)22(17(9-3)10-4,18(11-5)12-6)21-23(19)20-13(14)15/h13H,7-12H2,1-6H3. The Labute approximate surface area is 142 Å². The molecule has 0 saturated carbocycles. The highest BCUT2D eigenvalue weighted by Crippen LogP contribution is 2.58. The van der Waals surface area contributed by atoms with Gasteiger partial charge in [0.25, 0.3) is 0 Å². The largest absolute Gasteiger partial charge is 0.785 e. The van der Waals surface area contributed by atoms with Crippen LogP contribution in [0.3, 0.4) is 0 Å². The van der Waals surface area contributed by atoms with Crippen LogP contribution in [-0.2, 0) is 12.8 Å². The number of hydrogen-bond donors (Lipinski definition) is 0. The van der Waals surface area contributed by atoms with Crippen LogP contribution in [0.15, 0.2) is 0 Å². The Morgan fingerprint density at radius 1 is 0.826 bits per heavy atom. The van der Waals surface area contributed by atoms with Gasteiger partial charge in [0.1, 0.15) is 0 Å². The van der Waals surface area contributed by atoms with Crippen LogP contribution in [0, 0.1) is 0 Å². The lowest BCUT2D eigenvalue weighted by Crippen LogP contribution is -2.51. The molecule has 6 nitrogen and oxygen atoms in total. The minimum atomic E-state index is -3.33. The number of hydrogen-bond acceptors (Lipinski definition) is 6. The van der Waals surface area contributed by atoms with Gasteiger partial charge in [-0.1, -0.05) is 41.5 Å². The fraction of sp³-hybridized carbons (Fsp3) is 1.00. The monoisotopic (exact) mass is 375 g/mol. The second kappa shape index (κ2) is 11.3. The van der Waals surface area contributed by atoms with Crippen LogP contribution in [0.1, 0.15) is 41.5 Å². The highest BCUT2D eigenvalue weighted by molar-refractivity contribution is 8.24. The van der Waals surface area contributed by atoms with E-state index in [1.165, 1.54) is 0 Å². The summed E-state index contributed by atoms with van der Waals surface area (Å²) in [6, 6.07) is 0. The van der Waals surface area contributed by atoms with Crippen molar-refractivity contribution in [2.24, 2.45) is 0 Å². The topological polar surface area (TPSA) is 45.2 Å². The summed E-state index contributed by atoms with van der Waals surface area (Å²) < 4.78 is 53.1. The predicted octanol–water partition coefficient (Wildman–Crippen LogP) is 3.15. The molecule has 0 aromatic carbocycles. The summed E-state index contributed by atoms with van der Waals surface area (Å²) in [6.45, 7) is 12.7. The third-order valence-corrected chi connectivity index (χ3v) is 8.87. The van der Waals surface area contributed by atoms with E-state index in [2.05, 4.69) is 17.3 Å². The van der Waals surface area contributed by atoms with Crippen molar-refractivity contribution in [3.63, 3.8) is 0 Å². The molecule has 0 saturated heterocycles. The van der Waals surface area contributed by atoms with E-state index in [0.29, 0.717) is 39.3 Å². The molecule has 0 amide bonds. The van der Waals surface area contributed by atoms with E-state index in [1.807, 2.05) is 41.5 Å². The van der Waals surface area contributed by atoms with Gasteiger partial charge in [-0.15, -0.1) is 0 Å². The van der Waals surface area contributed by atoms with Crippen molar-refractivity contribution in [2.45, 2.75) is 48.2 Å². The maximum Gasteiger partial charge on any atom is 0.785 e. The van der Waals surface area contributed by atoms with Crippen molar-refractivity contribution in [1.82, 2.24) is 12.9 Å².